The van der Waals surface area contributed by atoms with Crippen LogP contribution in [0.25, 0.3) is 0 Å². The highest BCUT2D eigenvalue weighted by atomic mass is 16.5. The molecular formula is C10H17N3O2. The number of ketones is 1. The molecule has 0 aliphatic rings. The Morgan fingerprint density at radius 2 is 2.40 bits per heavy atom. The van der Waals surface area contributed by atoms with Crippen LogP contribution in [0, 0.1) is 0 Å². The Kier molecular flexibility index (Phi) is 4.45. The van der Waals surface area contributed by atoms with Gasteiger partial charge in [0.25, 0.3) is 0 Å². The summed E-state index contributed by atoms with van der Waals surface area (Å²) in [5.41, 5.74) is 0. The van der Waals surface area contributed by atoms with Crippen molar-refractivity contribution in [3.05, 3.63) is 18.2 Å². The van der Waals surface area contributed by atoms with Crippen LogP contribution in [0.5, 0.6) is 0 Å². The van der Waals surface area contributed by atoms with Gasteiger partial charge in [0.05, 0.1) is 13.1 Å². The minimum absolute atomic E-state index is 0.0780. The summed E-state index contributed by atoms with van der Waals surface area (Å²) in [6.45, 7) is 1.23. The van der Waals surface area contributed by atoms with Crippen LogP contribution in [-0.4, -0.2) is 47.5 Å². The van der Waals surface area contributed by atoms with E-state index >= 15 is 0 Å². The van der Waals surface area contributed by atoms with Crippen molar-refractivity contribution >= 4 is 5.78 Å². The molecule has 0 unspecified atom stereocenters. The topological polar surface area (TPSA) is 47.4 Å². The van der Waals surface area contributed by atoms with Crippen LogP contribution in [0.1, 0.15) is 5.82 Å². The van der Waals surface area contributed by atoms with Gasteiger partial charge in [-0.15, -0.1) is 0 Å². The number of carbonyl (C=O) groups is 1. The lowest BCUT2D eigenvalue weighted by Gasteiger charge is -2.14. The summed E-state index contributed by atoms with van der Waals surface area (Å²) in [7, 11) is 5.35. The molecule has 0 atom stereocenters. The van der Waals surface area contributed by atoms with Crippen LogP contribution >= 0.6 is 0 Å². The van der Waals surface area contributed by atoms with Crippen molar-refractivity contribution in [3.8, 4) is 0 Å². The minimum Gasteiger partial charge on any atom is -0.377 e. The number of methoxy groups -OCH3 is 1. The zero-order valence-corrected chi connectivity index (χ0v) is 9.43. The highest BCUT2D eigenvalue weighted by molar-refractivity contribution is 5.81. The number of hydrogen-bond acceptors (Lipinski definition) is 4. The zero-order valence-electron chi connectivity index (χ0n) is 9.43. The van der Waals surface area contributed by atoms with E-state index in [1.54, 1.807) is 6.20 Å². The second kappa shape index (κ2) is 5.63. The average Bonchev–Trinajstić information content (AvgIpc) is 2.52. The molecule has 0 aliphatic heterocycles. The summed E-state index contributed by atoms with van der Waals surface area (Å²) in [6.07, 6.45) is 3.64. The van der Waals surface area contributed by atoms with Crippen LogP contribution in [0.3, 0.4) is 0 Å². The number of aromatic nitrogens is 2. The van der Waals surface area contributed by atoms with Gasteiger partial charge in [-0.25, -0.2) is 4.98 Å². The number of likely N-dealkylation sites (N-methyl/N-ethyl adjacent to an activating group) is 1. The molecule has 0 saturated carbocycles. The van der Waals surface area contributed by atoms with Gasteiger partial charge in [-0.1, -0.05) is 0 Å². The fourth-order valence-corrected chi connectivity index (χ4v) is 1.35. The lowest BCUT2D eigenvalue weighted by molar-refractivity contribution is -0.123. The molecule has 5 heteroatoms. The summed E-state index contributed by atoms with van der Waals surface area (Å²) >= 11 is 0. The Hall–Kier alpha value is -1.20. The van der Waals surface area contributed by atoms with Gasteiger partial charge in [-0.05, 0) is 7.05 Å². The van der Waals surface area contributed by atoms with Gasteiger partial charge in [0, 0.05) is 26.6 Å². The third kappa shape index (κ3) is 3.81. The molecule has 5 nitrogen and oxygen atoms in total. The van der Waals surface area contributed by atoms with E-state index in [-0.39, 0.29) is 12.4 Å². The lowest BCUT2D eigenvalue weighted by atomic mass is 10.4. The Bertz CT molecular complexity index is 322. The van der Waals surface area contributed by atoms with Crippen molar-refractivity contribution in [1.82, 2.24) is 14.5 Å². The number of carbonyl (C=O) groups excluding carboxylic acids is 1. The number of ether oxygens (including phenoxy) is 1. The van der Waals surface area contributed by atoms with Crippen molar-refractivity contribution in [1.29, 1.82) is 0 Å². The largest absolute Gasteiger partial charge is 0.377 e. The fourth-order valence-electron chi connectivity index (χ4n) is 1.35. The maximum Gasteiger partial charge on any atom is 0.172 e. The molecule has 1 aromatic heterocycles. The van der Waals surface area contributed by atoms with E-state index in [9.17, 15) is 4.79 Å². The third-order valence-electron chi connectivity index (χ3n) is 2.08. The number of rotatable bonds is 6. The molecule has 0 N–H and O–H groups in total. The van der Waals surface area contributed by atoms with Gasteiger partial charge < -0.3 is 9.30 Å². The molecule has 0 aromatic carbocycles. The third-order valence-corrected chi connectivity index (χ3v) is 2.08. The normalized spacial score (nSPS) is 10.9. The molecule has 1 rings (SSSR count). The lowest BCUT2D eigenvalue weighted by Crippen LogP contribution is -2.28. The highest BCUT2D eigenvalue weighted by Gasteiger charge is 2.08. The molecule has 15 heavy (non-hydrogen) atoms. The van der Waals surface area contributed by atoms with Crippen LogP contribution in [0.2, 0.25) is 0 Å². The number of aryl methyl sites for hydroxylation is 1. The average molecular weight is 211 g/mol. The van der Waals surface area contributed by atoms with Crippen molar-refractivity contribution in [2.75, 3.05) is 27.3 Å². The van der Waals surface area contributed by atoms with E-state index in [4.69, 9.17) is 4.74 Å². The molecule has 1 heterocycles. The Morgan fingerprint density at radius 3 is 2.93 bits per heavy atom. The highest BCUT2D eigenvalue weighted by Crippen LogP contribution is 1.98. The predicted octanol–water partition coefficient (Wildman–Crippen LogP) is 0.0674. The molecular weight excluding hydrogens is 194 g/mol. The summed E-state index contributed by atoms with van der Waals surface area (Å²) in [6, 6.07) is 0. The molecule has 0 saturated heterocycles. The van der Waals surface area contributed by atoms with Gasteiger partial charge in [-0.2, -0.15) is 0 Å². The van der Waals surface area contributed by atoms with Gasteiger partial charge in [0.15, 0.2) is 5.78 Å². The van der Waals surface area contributed by atoms with Crippen LogP contribution in [0.4, 0.5) is 0 Å². The number of hydrogen-bond donors (Lipinski definition) is 0. The quantitative estimate of drug-likeness (QED) is 0.668. The van der Waals surface area contributed by atoms with E-state index in [1.165, 1.54) is 7.11 Å². The number of imidazole rings is 1. The zero-order chi connectivity index (χ0) is 11.3. The van der Waals surface area contributed by atoms with Crippen molar-refractivity contribution in [2.24, 2.45) is 7.05 Å². The van der Waals surface area contributed by atoms with E-state index in [2.05, 4.69) is 4.98 Å². The minimum atomic E-state index is 0.0780. The molecule has 84 valence electrons. The second-order valence-electron chi connectivity index (χ2n) is 3.60. The van der Waals surface area contributed by atoms with Crippen molar-refractivity contribution < 1.29 is 9.53 Å². The Morgan fingerprint density at radius 1 is 1.67 bits per heavy atom. The monoisotopic (exact) mass is 211 g/mol. The van der Waals surface area contributed by atoms with Crippen LogP contribution < -0.4 is 0 Å². The summed E-state index contributed by atoms with van der Waals surface area (Å²) in [5, 5.41) is 0. The molecule has 0 bridgehead atoms. The SMILES string of the molecule is COCC(=O)CN(C)Cc1nccn1C. The fraction of sp³-hybridized carbons (Fsp3) is 0.600. The summed E-state index contributed by atoms with van der Waals surface area (Å²) in [5.74, 6) is 1.02. The van der Waals surface area contributed by atoms with E-state index in [1.807, 2.05) is 29.8 Å². The molecule has 0 radical (unpaired) electrons. The van der Waals surface area contributed by atoms with Gasteiger partial charge in [-0.3, -0.25) is 9.69 Å². The predicted molar refractivity (Wildman–Crippen MR) is 56.4 cm³/mol. The smallest absolute Gasteiger partial charge is 0.172 e. The Labute approximate surface area is 89.7 Å². The first-order valence-corrected chi connectivity index (χ1v) is 4.79. The summed E-state index contributed by atoms with van der Waals surface area (Å²) < 4.78 is 6.71. The maximum absolute atomic E-state index is 11.3. The standard InChI is InChI=1S/C10H17N3O2/c1-12(6-9(14)8-15-3)7-10-11-4-5-13(10)2/h4-5H,6-8H2,1-3H3. The van der Waals surface area contributed by atoms with Gasteiger partial charge in [0.2, 0.25) is 0 Å². The van der Waals surface area contributed by atoms with Crippen molar-refractivity contribution in [3.63, 3.8) is 0 Å². The van der Waals surface area contributed by atoms with E-state index in [0.717, 1.165) is 5.82 Å². The van der Waals surface area contributed by atoms with Gasteiger partial charge in [0.1, 0.15) is 12.4 Å². The van der Waals surface area contributed by atoms with E-state index in [0.29, 0.717) is 13.1 Å². The maximum atomic E-state index is 11.3. The Balaban J connectivity index is 2.39. The first kappa shape index (κ1) is 11.9. The number of nitrogens with zero attached hydrogens (tertiary/aromatic N) is 3. The molecule has 0 fully saturated rings. The summed E-state index contributed by atoms with van der Waals surface area (Å²) in [4.78, 5) is 17.4. The molecule has 0 spiro atoms. The molecule has 0 amide bonds. The number of Topliss-reactive ketones (excluding diaryl/α,β-unsaturated/α-hetero) is 1. The van der Waals surface area contributed by atoms with Gasteiger partial charge >= 0.3 is 0 Å². The molecule has 1 aromatic rings. The second-order valence-corrected chi connectivity index (χ2v) is 3.60. The first-order chi connectivity index (χ1) is 7.13. The first-order valence-electron chi connectivity index (χ1n) is 4.79. The van der Waals surface area contributed by atoms with Crippen LogP contribution in [0.15, 0.2) is 12.4 Å². The van der Waals surface area contributed by atoms with E-state index < -0.39 is 0 Å². The van der Waals surface area contributed by atoms with Crippen molar-refractivity contribution in [2.45, 2.75) is 6.54 Å². The molecule has 0 aliphatic carbocycles. The van der Waals surface area contributed by atoms with Crippen LogP contribution in [-0.2, 0) is 23.1 Å².